The first-order chi connectivity index (χ1) is 12.7. The van der Waals surface area contributed by atoms with Crippen LogP contribution in [0.3, 0.4) is 0 Å². The molecule has 1 aliphatic rings. The third-order valence-electron chi connectivity index (χ3n) is 4.25. The number of furan rings is 1. The normalized spacial score (nSPS) is 20.0. The minimum Gasteiger partial charge on any atom is -0.485 e. The van der Waals surface area contributed by atoms with Gasteiger partial charge in [0.05, 0.1) is 17.9 Å². The number of nitriles is 1. The Hall–Kier alpha value is -3.31. The summed E-state index contributed by atoms with van der Waals surface area (Å²) in [7, 11) is 0. The minimum atomic E-state index is -1.25. The van der Waals surface area contributed by atoms with E-state index in [0.717, 1.165) is 12.0 Å². The molecule has 8 heteroatoms. The number of carbonyl (C=O) groups excluding carboxylic acids is 2. The van der Waals surface area contributed by atoms with Crippen LogP contribution in [0.5, 0.6) is 5.75 Å². The molecule has 0 bridgehead atoms. The van der Waals surface area contributed by atoms with Crippen LogP contribution in [-0.4, -0.2) is 33.8 Å². The largest absolute Gasteiger partial charge is 0.485 e. The number of hydroxylamine groups is 2. The number of ether oxygens (including phenoxy) is 1. The monoisotopic (exact) mass is 370 g/mol. The van der Waals surface area contributed by atoms with Gasteiger partial charge in [-0.1, -0.05) is 0 Å². The van der Waals surface area contributed by atoms with Crippen LogP contribution in [0, 0.1) is 11.3 Å². The van der Waals surface area contributed by atoms with E-state index in [2.05, 4.69) is 0 Å². The quantitative estimate of drug-likeness (QED) is 0.807. The molecule has 1 amide bonds. The van der Waals surface area contributed by atoms with Gasteiger partial charge in [-0.2, -0.15) is 10.3 Å². The molecule has 2 aromatic rings. The van der Waals surface area contributed by atoms with Crippen LogP contribution in [0.2, 0.25) is 0 Å². The zero-order valence-corrected chi connectivity index (χ0v) is 15.0. The first kappa shape index (κ1) is 18.5. The molecule has 0 aliphatic carbocycles. The fourth-order valence-corrected chi connectivity index (χ4v) is 2.96. The Bertz CT molecular complexity index is 913. The number of aliphatic hydroxyl groups excluding tert-OH is 1. The van der Waals surface area contributed by atoms with Crippen molar-refractivity contribution in [3.05, 3.63) is 53.5 Å². The summed E-state index contributed by atoms with van der Waals surface area (Å²) in [4.78, 5) is 29.7. The summed E-state index contributed by atoms with van der Waals surface area (Å²) < 4.78 is 10.9. The highest BCUT2D eigenvalue weighted by Crippen LogP contribution is 2.43. The van der Waals surface area contributed by atoms with E-state index in [9.17, 15) is 20.0 Å². The first-order valence-electron chi connectivity index (χ1n) is 8.21. The highest BCUT2D eigenvalue weighted by atomic mass is 16.7. The molecule has 0 radical (unpaired) electrons. The molecule has 2 atom stereocenters. The fourth-order valence-electron chi connectivity index (χ4n) is 2.96. The van der Waals surface area contributed by atoms with Crippen LogP contribution >= 0.6 is 0 Å². The summed E-state index contributed by atoms with van der Waals surface area (Å²) in [6, 6.07) is 8.48. The minimum absolute atomic E-state index is 0.0641. The van der Waals surface area contributed by atoms with Gasteiger partial charge < -0.3 is 19.1 Å². The van der Waals surface area contributed by atoms with E-state index < -0.39 is 29.6 Å². The highest BCUT2D eigenvalue weighted by Gasteiger charge is 2.49. The fraction of sp³-hybridized carbons (Fsp3) is 0.316. The molecule has 0 fully saturated rings. The van der Waals surface area contributed by atoms with Crippen molar-refractivity contribution in [3.63, 3.8) is 0 Å². The van der Waals surface area contributed by atoms with E-state index in [1.54, 1.807) is 26.0 Å². The maximum Gasteiger partial charge on any atom is 0.329 e. The van der Waals surface area contributed by atoms with Crippen LogP contribution in [0.25, 0.3) is 0 Å². The molecular formula is C19H18N2O6. The van der Waals surface area contributed by atoms with Crippen molar-refractivity contribution in [1.29, 1.82) is 5.26 Å². The van der Waals surface area contributed by atoms with Gasteiger partial charge in [-0.25, -0.2) is 0 Å². The summed E-state index contributed by atoms with van der Waals surface area (Å²) in [6.07, 6.45) is 0.0582. The Labute approximate surface area is 155 Å². The van der Waals surface area contributed by atoms with E-state index in [1.165, 1.54) is 24.5 Å². The standard InChI is InChI=1S/C19H18N2O6/c1-11(22)27-21(18(24)15-5-4-8-25-15)16-13-9-12(10-20)6-7-14(13)26-19(2,3)17(16)23/h4-9,16-17,23H,1-3H3/t16-,17+/m0/s1. The number of carbonyl (C=O) groups is 2. The predicted molar refractivity (Wildman–Crippen MR) is 91.3 cm³/mol. The molecule has 0 saturated heterocycles. The first-order valence-corrected chi connectivity index (χ1v) is 8.21. The van der Waals surface area contributed by atoms with Gasteiger partial charge in [-0.05, 0) is 44.2 Å². The summed E-state index contributed by atoms with van der Waals surface area (Å²) >= 11 is 0. The maximum absolute atomic E-state index is 12.9. The van der Waals surface area contributed by atoms with Gasteiger partial charge in [0.2, 0.25) is 0 Å². The predicted octanol–water partition coefficient (Wildman–Crippen LogP) is 2.34. The van der Waals surface area contributed by atoms with E-state index in [4.69, 9.17) is 14.0 Å². The highest BCUT2D eigenvalue weighted by molar-refractivity contribution is 5.92. The Morgan fingerprint density at radius 1 is 1.33 bits per heavy atom. The summed E-state index contributed by atoms with van der Waals surface area (Å²) in [5.74, 6) is -1.18. The lowest BCUT2D eigenvalue weighted by Gasteiger charge is -2.44. The van der Waals surface area contributed by atoms with Crippen LogP contribution in [0.4, 0.5) is 0 Å². The SMILES string of the molecule is CC(=O)ON(C(=O)c1ccco1)[C@H]1c2cc(C#N)ccc2OC(C)(C)[C@@H]1O. The van der Waals surface area contributed by atoms with Gasteiger partial charge in [0, 0.05) is 12.5 Å². The average Bonchev–Trinajstić information content (AvgIpc) is 3.14. The van der Waals surface area contributed by atoms with E-state index in [-0.39, 0.29) is 5.76 Å². The maximum atomic E-state index is 12.9. The van der Waals surface area contributed by atoms with Gasteiger partial charge in [0.25, 0.3) is 0 Å². The lowest BCUT2D eigenvalue weighted by Crippen LogP contribution is -2.55. The number of aliphatic hydroxyl groups is 1. The number of fused-ring (bicyclic) bond motifs is 1. The van der Waals surface area contributed by atoms with Gasteiger partial charge in [0.15, 0.2) is 5.76 Å². The van der Waals surface area contributed by atoms with Crippen LogP contribution in [0.1, 0.15) is 48.5 Å². The van der Waals surface area contributed by atoms with Crippen molar-refractivity contribution < 1.29 is 28.7 Å². The third-order valence-corrected chi connectivity index (χ3v) is 4.25. The van der Waals surface area contributed by atoms with Gasteiger partial charge in [0.1, 0.15) is 23.5 Å². The molecule has 140 valence electrons. The van der Waals surface area contributed by atoms with Gasteiger partial charge >= 0.3 is 11.9 Å². The second kappa shape index (κ2) is 6.78. The molecule has 0 saturated carbocycles. The molecular weight excluding hydrogens is 352 g/mol. The average molecular weight is 370 g/mol. The summed E-state index contributed by atoms with van der Waals surface area (Å²) in [6.45, 7) is 4.44. The Morgan fingerprint density at radius 2 is 2.07 bits per heavy atom. The molecule has 1 N–H and O–H groups in total. The Kier molecular flexibility index (Phi) is 4.64. The topological polar surface area (TPSA) is 113 Å². The van der Waals surface area contributed by atoms with Crippen molar-refractivity contribution in [1.82, 2.24) is 5.06 Å². The summed E-state index contributed by atoms with van der Waals surface area (Å²) in [5.41, 5.74) is -0.433. The molecule has 27 heavy (non-hydrogen) atoms. The number of nitrogens with zero attached hydrogens (tertiary/aromatic N) is 2. The van der Waals surface area contributed by atoms with Crippen LogP contribution in [0.15, 0.2) is 41.0 Å². The Morgan fingerprint density at radius 3 is 2.67 bits per heavy atom. The van der Waals surface area contributed by atoms with E-state index >= 15 is 0 Å². The van der Waals surface area contributed by atoms with Crippen molar-refractivity contribution in [2.45, 2.75) is 38.5 Å². The van der Waals surface area contributed by atoms with Crippen molar-refractivity contribution >= 4 is 11.9 Å². The molecule has 0 unspecified atom stereocenters. The van der Waals surface area contributed by atoms with Crippen molar-refractivity contribution in [2.75, 3.05) is 0 Å². The molecule has 3 rings (SSSR count). The molecule has 0 spiro atoms. The Balaban J connectivity index is 2.16. The number of rotatable bonds is 2. The lowest BCUT2D eigenvalue weighted by atomic mass is 9.85. The van der Waals surface area contributed by atoms with Crippen molar-refractivity contribution in [3.8, 4) is 11.8 Å². The summed E-state index contributed by atoms with van der Waals surface area (Å²) in [5, 5.41) is 20.9. The zero-order chi connectivity index (χ0) is 19.8. The van der Waals surface area contributed by atoms with Crippen LogP contribution in [-0.2, 0) is 9.63 Å². The number of benzene rings is 1. The molecule has 1 aromatic carbocycles. The second-order valence-electron chi connectivity index (χ2n) is 6.65. The smallest absolute Gasteiger partial charge is 0.329 e. The molecule has 8 nitrogen and oxygen atoms in total. The third kappa shape index (κ3) is 3.37. The molecule has 1 aliphatic heterocycles. The number of hydrogen-bond donors (Lipinski definition) is 1. The lowest BCUT2D eigenvalue weighted by molar-refractivity contribution is -0.205. The van der Waals surface area contributed by atoms with Gasteiger partial charge in [-0.3, -0.25) is 9.59 Å². The van der Waals surface area contributed by atoms with Crippen LogP contribution < -0.4 is 4.74 Å². The molecule has 1 aromatic heterocycles. The van der Waals surface area contributed by atoms with E-state index in [0.29, 0.717) is 16.9 Å². The van der Waals surface area contributed by atoms with Crippen molar-refractivity contribution in [2.24, 2.45) is 0 Å². The van der Waals surface area contributed by atoms with E-state index in [1.807, 2.05) is 6.07 Å². The number of hydrogen-bond acceptors (Lipinski definition) is 7. The number of amides is 1. The second-order valence-corrected chi connectivity index (χ2v) is 6.65. The van der Waals surface area contributed by atoms with Gasteiger partial charge in [-0.15, -0.1) is 0 Å². The zero-order valence-electron chi connectivity index (χ0n) is 15.0. The molecule has 2 heterocycles.